The monoisotopic (exact) mass is 626 g/mol. The zero-order valence-corrected chi connectivity index (χ0v) is 28.1. The van der Waals surface area contributed by atoms with E-state index in [2.05, 4.69) is 4.98 Å². The Kier molecular flexibility index (Phi) is 9.58. The first kappa shape index (κ1) is 34.6. The van der Waals surface area contributed by atoms with Gasteiger partial charge in [-0.2, -0.15) is 0 Å². The van der Waals surface area contributed by atoms with Crippen LogP contribution in [0.1, 0.15) is 110 Å². The van der Waals surface area contributed by atoms with E-state index in [9.17, 15) is 18.4 Å². The van der Waals surface area contributed by atoms with Crippen molar-refractivity contribution in [3.63, 3.8) is 0 Å². The fourth-order valence-corrected chi connectivity index (χ4v) is 5.27. The number of rotatable bonds is 11. The van der Waals surface area contributed by atoms with E-state index in [4.69, 9.17) is 18.8 Å². The van der Waals surface area contributed by atoms with E-state index >= 15 is 0 Å². The van der Waals surface area contributed by atoms with Crippen molar-refractivity contribution in [1.29, 1.82) is 0 Å². The highest BCUT2D eigenvalue weighted by Gasteiger charge is 2.52. The molecule has 1 aromatic carbocycles. The summed E-state index contributed by atoms with van der Waals surface area (Å²) in [7, 11) is -0.796. The van der Waals surface area contributed by atoms with Crippen molar-refractivity contribution in [3.05, 3.63) is 59.0 Å². The number of aryl methyl sites for hydroxylation is 1. The molecule has 4 rings (SSSR count). The molecule has 0 radical (unpaired) electrons. The Balaban J connectivity index is 1.69. The summed E-state index contributed by atoms with van der Waals surface area (Å²) in [6.45, 7) is 18.5. The number of carbonyl (C=O) groups is 2. The molecule has 2 aromatic heterocycles. The first-order valence-corrected chi connectivity index (χ1v) is 15.4. The molecule has 0 amide bonds. The molecule has 11 heteroatoms. The Morgan fingerprint density at radius 3 is 2.20 bits per heavy atom. The standard InChI is InChI=1S/C34H45BF2N2O6/c1-11-34(10,18-28(41)43-31(3,4)5)16-15-26(40)29-21(2)38-30-27(42-20-23-24(36)13-12-14-25(23)37)17-22(19-39(29)30)35-44-32(6,7)33(8,9)45-35/h12-14,17,19H,11,15-16,18,20H2,1-10H3. The van der Waals surface area contributed by atoms with Crippen LogP contribution in [0.3, 0.4) is 0 Å². The van der Waals surface area contributed by atoms with E-state index in [1.807, 2.05) is 62.3 Å². The van der Waals surface area contributed by atoms with Crippen LogP contribution in [0.5, 0.6) is 5.75 Å². The first-order chi connectivity index (χ1) is 20.8. The van der Waals surface area contributed by atoms with Crippen LogP contribution in [0.25, 0.3) is 5.65 Å². The van der Waals surface area contributed by atoms with Crippen LogP contribution in [0.15, 0.2) is 30.5 Å². The Morgan fingerprint density at radius 2 is 1.64 bits per heavy atom. The average Bonchev–Trinajstić information content (AvgIpc) is 3.36. The smallest absolute Gasteiger partial charge is 0.485 e. The summed E-state index contributed by atoms with van der Waals surface area (Å²) >= 11 is 0. The Bertz CT molecular complexity index is 1560. The maximum atomic E-state index is 14.5. The number of hydrogen-bond acceptors (Lipinski definition) is 7. The average molecular weight is 627 g/mol. The molecule has 1 saturated heterocycles. The van der Waals surface area contributed by atoms with Gasteiger partial charge < -0.3 is 18.8 Å². The first-order valence-electron chi connectivity index (χ1n) is 15.4. The van der Waals surface area contributed by atoms with Crippen LogP contribution in [0.2, 0.25) is 0 Å². The molecule has 0 bridgehead atoms. The zero-order chi connectivity index (χ0) is 33.5. The highest BCUT2D eigenvalue weighted by Crippen LogP contribution is 2.37. The van der Waals surface area contributed by atoms with Gasteiger partial charge in [0.15, 0.2) is 17.2 Å². The highest BCUT2D eigenvalue weighted by molar-refractivity contribution is 6.62. The van der Waals surface area contributed by atoms with Gasteiger partial charge in [-0.05, 0) is 85.4 Å². The number of pyridine rings is 1. The van der Waals surface area contributed by atoms with E-state index in [-0.39, 0.29) is 35.9 Å². The normalized spacial score (nSPS) is 17.4. The van der Waals surface area contributed by atoms with Gasteiger partial charge in [0.25, 0.3) is 0 Å². The maximum absolute atomic E-state index is 14.5. The van der Waals surface area contributed by atoms with Gasteiger partial charge in [-0.15, -0.1) is 0 Å². The quantitative estimate of drug-likeness (QED) is 0.130. The number of imidazole rings is 1. The fourth-order valence-electron chi connectivity index (χ4n) is 5.27. The molecular formula is C34H45BF2N2O6. The van der Waals surface area contributed by atoms with Crippen LogP contribution >= 0.6 is 0 Å². The molecule has 1 unspecified atom stereocenters. The molecular weight excluding hydrogens is 581 g/mol. The number of esters is 1. The van der Waals surface area contributed by atoms with Crippen molar-refractivity contribution in [2.45, 2.75) is 118 Å². The van der Waals surface area contributed by atoms with Crippen molar-refractivity contribution in [1.82, 2.24) is 9.38 Å². The van der Waals surface area contributed by atoms with Gasteiger partial charge in [0.05, 0.1) is 28.9 Å². The molecule has 3 aromatic rings. The minimum atomic E-state index is -0.796. The topological polar surface area (TPSA) is 88.4 Å². The number of ketones is 1. The lowest BCUT2D eigenvalue weighted by Crippen LogP contribution is -2.41. The number of ether oxygens (including phenoxy) is 2. The van der Waals surface area contributed by atoms with Crippen LogP contribution < -0.4 is 10.2 Å². The minimum Gasteiger partial charge on any atom is -0.485 e. The summed E-state index contributed by atoms with van der Waals surface area (Å²) in [6, 6.07) is 5.30. The lowest BCUT2D eigenvalue weighted by Gasteiger charge is -2.32. The fraction of sp³-hybridized carbons (Fsp3) is 0.559. The van der Waals surface area contributed by atoms with E-state index < -0.39 is 47.6 Å². The molecule has 244 valence electrons. The van der Waals surface area contributed by atoms with Gasteiger partial charge in [-0.3, -0.25) is 14.0 Å². The molecule has 1 fully saturated rings. The van der Waals surface area contributed by atoms with Crippen LogP contribution in [0.4, 0.5) is 8.78 Å². The molecule has 1 aliphatic rings. The molecule has 1 aliphatic heterocycles. The number of carbonyl (C=O) groups excluding carboxylic acids is 2. The number of nitrogens with zero attached hydrogens (tertiary/aromatic N) is 2. The Labute approximate surface area is 264 Å². The van der Waals surface area contributed by atoms with E-state index in [0.717, 1.165) is 0 Å². The van der Waals surface area contributed by atoms with E-state index in [1.165, 1.54) is 18.2 Å². The number of fused-ring (bicyclic) bond motifs is 1. The third-order valence-corrected chi connectivity index (χ3v) is 8.91. The number of hydrogen-bond donors (Lipinski definition) is 0. The predicted octanol–water partition coefficient (Wildman–Crippen LogP) is 6.91. The molecule has 45 heavy (non-hydrogen) atoms. The second kappa shape index (κ2) is 12.5. The van der Waals surface area contributed by atoms with Crippen molar-refractivity contribution >= 4 is 30.0 Å². The van der Waals surface area contributed by atoms with Gasteiger partial charge in [0, 0.05) is 18.1 Å². The summed E-state index contributed by atoms with van der Waals surface area (Å²) in [5, 5.41) is 0. The molecule has 1 atom stereocenters. The molecule has 8 nitrogen and oxygen atoms in total. The van der Waals surface area contributed by atoms with Gasteiger partial charge in [0.2, 0.25) is 0 Å². The lowest BCUT2D eigenvalue weighted by molar-refractivity contribution is -0.157. The molecule has 0 N–H and O–H groups in total. The van der Waals surface area contributed by atoms with E-state index in [1.54, 1.807) is 23.6 Å². The van der Waals surface area contributed by atoms with Crippen LogP contribution in [0, 0.1) is 24.0 Å². The second-order valence-corrected chi connectivity index (χ2v) is 14.3. The molecule has 3 heterocycles. The summed E-state index contributed by atoms with van der Waals surface area (Å²) in [6.07, 6.45) is 3.24. The third-order valence-electron chi connectivity index (χ3n) is 8.91. The third kappa shape index (κ3) is 7.57. The SMILES string of the molecule is CCC(C)(CCC(=O)c1c(C)nc2c(OCc3c(F)cccc3F)cc(B3OC(C)(C)C(C)(C)O3)cn12)CC(=O)OC(C)(C)C. The maximum Gasteiger partial charge on any atom is 0.496 e. The van der Waals surface area contributed by atoms with Gasteiger partial charge in [-0.1, -0.05) is 26.3 Å². The number of aromatic nitrogens is 2. The molecule has 0 aliphatic carbocycles. The Morgan fingerprint density at radius 1 is 1.04 bits per heavy atom. The lowest BCUT2D eigenvalue weighted by atomic mass is 9.79. The summed E-state index contributed by atoms with van der Waals surface area (Å²) in [5.41, 5.74) is -0.835. The predicted molar refractivity (Wildman–Crippen MR) is 169 cm³/mol. The van der Waals surface area contributed by atoms with Crippen LogP contribution in [-0.4, -0.2) is 45.1 Å². The summed E-state index contributed by atoms with van der Waals surface area (Å²) in [5.74, 6) is -1.70. The largest absolute Gasteiger partial charge is 0.496 e. The highest BCUT2D eigenvalue weighted by atomic mass is 19.1. The Hall–Kier alpha value is -3.31. The van der Waals surface area contributed by atoms with Gasteiger partial charge in [-0.25, -0.2) is 13.8 Å². The van der Waals surface area contributed by atoms with E-state index in [0.29, 0.717) is 35.3 Å². The number of Topliss-reactive ketones (excluding diaryl/α,β-unsaturated/α-hetero) is 1. The number of halogens is 2. The van der Waals surface area contributed by atoms with Crippen molar-refractivity contribution in [3.8, 4) is 5.75 Å². The van der Waals surface area contributed by atoms with Crippen LogP contribution in [-0.2, 0) is 25.4 Å². The minimum absolute atomic E-state index is 0.166. The second-order valence-electron chi connectivity index (χ2n) is 14.3. The summed E-state index contributed by atoms with van der Waals surface area (Å²) in [4.78, 5) is 31.1. The molecule has 0 saturated carbocycles. The van der Waals surface area contributed by atoms with Gasteiger partial charge >= 0.3 is 13.1 Å². The zero-order valence-electron chi connectivity index (χ0n) is 28.1. The van der Waals surface area contributed by atoms with Crippen molar-refractivity contribution in [2.24, 2.45) is 5.41 Å². The summed E-state index contributed by atoms with van der Waals surface area (Å²) < 4.78 is 54.6. The van der Waals surface area contributed by atoms with Gasteiger partial charge in [0.1, 0.15) is 29.5 Å². The van der Waals surface area contributed by atoms with Crippen molar-refractivity contribution in [2.75, 3.05) is 0 Å². The number of benzene rings is 1. The van der Waals surface area contributed by atoms with Crippen molar-refractivity contribution < 1.29 is 37.2 Å². The molecule has 0 spiro atoms.